The van der Waals surface area contributed by atoms with Gasteiger partial charge in [-0.05, 0) is 42.7 Å². The van der Waals surface area contributed by atoms with Crippen molar-refractivity contribution in [1.82, 2.24) is 14.5 Å². The Labute approximate surface area is 199 Å². The number of amides is 1. The molecule has 0 saturated carbocycles. The van der Waals surface area contributed by atoms with E-state index in [2.05, 4.69) is 20.2 Å². The number of phenols is 2. The molecule has 34 heavy (non-hydrogen) atoms. The summed E-state index contributed by atoms with van der Waals surface area (Å²) in [5, 5.41) is 25.0. The molecule has 4 aromatic rings. The summed E-state index contributed by atoms with van der Waals surface area (Å²) in [5.41, 5.74) is 2.69. The minimum atomic E-state index is -0.562. The minimum Gasteiger partial charge on any atom is -0.508 e. The predicted molar refractivity (Wildman–Crippen MR) is 127 cm³/mol. The Hall–Kier alpha value is -3.92. The third-order valence-corrected chi connectivity index (χ3v) is 6.54. The molecular formula is C24H22FN5O3S. The van der Waals surface area contributed by atoms with Crippen LogP contribution in [0, 0.1) is 5.95 Å². The van der Waals surface area contributed by atoms with Gasteiger partial charge in [0.1, 0.15) is 17.2 Å². The summed E-state index contributed by atoms with van der Waals surface area (Å²) in [7, 11) is 0. The Morgan fingerprint density at radius 3 is 2.82 bits per heavy atom. The molecule has 8 nitrogen and oxygen atoms in total. The summed E-state index contributed by atoms with van der Waals surface area (Å²) in [6.07, 6.45) is 4.99. The number of aromatic hydroxyl groups is 2. The van der Waals surface area contributed by atoms with E-state index in [1.165, 1.54) is 29.7 Å². The van der Waals surface area contributed by atoms with Crippen LogP contribution in [-0.4, -0.2) is 37.2 Å². The number of hydrogen-bond acceptors (Lipinski definition) is 7. The zero-order chi connectivity index (χ0) is 23.7. The molecule has 1 aliphatic rings. The molecule has 0 radical (unpaired) electrons. The van der Waals surface area contributed by atoms with Crippen molar-refractivity contribution < 1.29 is 19.4 Å². The SMILES string of the molecule is O=C(Nc1nc(C2CCCN2c2cc(O)cc(O)c2)cs1)c1cccn1Cc1ccnc(F)c1. The Morgan fingerprint density at radius 1 is 1.21 bits per heavy atom. The fourth-order valence-corrected chi connectivity index (χ4v) is 5.03. The van der Waals surface area contributed by atoms with Crippen LogP contribution in [0.1, 0.15) is 40.6 Å². The van der Waals surface area contributed by atoms with Gasteiger partial charge in [-0.1, -0.05) is 0 Å². The Morgan fingerprint density at radius 2 is 2.03 bits per heavy atom. The molecule has 4 heterocycles. The molecule has 10 heteroatoms. The lowest BCUT2D eigenvalue weighted by Crippen LogP contribution is -2.23. The number of carbonyl (C=O) groups is 1. The molecule has 1 amide bonds. The first-order valence-electron chi connectivity index (χ1n) is 10.8. The summed E-state index contributed by atoms with van der Waals surface area (Å²) in [6.45, 7) is 1.11. The average Bonchev–Trinajstić information content (AvgIpc) is 3.53. The van der Waals surface area contributed by atoms with Gasteiger partial charge >= 0.3 is 0 Å². The summed E-state index contributed by atoms with van der Waals surface area (Å²) in [4.78, 5) is 23.2. The molecule has 3 aromatic heterocycles. The van der Waals surface area contributed by atoms with Gasteiger partial charge in [0.25, 0.3) is 5.91 Å². The molecule has 174 valence electrons. The van der Waals surface area contributed by atoms with E-state index in [-0.39, 0.29) is 23.4 Å². The second-order valence-corrected chi connectivity index (χ2v) is 8.96. The van der Waals surface area contributed by atoms with Crippen LogP contribution in [-0.2, 0) is 6.54 Å². The number of halogens is 1. The number of rotatable bonds is 6. The lowest BCUT2D eigenvalue weighted by Gasteiger charge is -2.25. The first-order chi connectivity index (χ1) is 16.5. The smallest absolute Gasteiger partial charge is 0.274 e. The van der Waals surface area contributed by atoms with Crippen molar-refractivity contribution in [2.45, 2.75) is 25.4 Å². The van der Waals surface area contributed by atoms with Crippen LogP contribution >= 0.6 is 11.3 Å². The van der Waals surface area contributed by atoms with Gasteiger partial charge in [-0.15, -0.1) is 11.3 Å². The Kier molecular flexibility index (Phi) is 5.89. The molecule has 1 aromatic carbocycles. The van der Waals surface area contributed by atoms with Crippen LogP contribution in [0.2, 0.25) is 0 Å². The van der Waals surface area contributed by atoms with Crippen LogP contribution in [0.15, 0.2) is 60.2 Å². The first kappa shape index (κ1) is 21.9. The highest BCUT2D eigenvalue weighted by atomic mass is 32.1. The van der Waals surface area contributed by atoms with Gasteiger partial charge < -0.3 is 19.7 Å². The lowest BCUT2D eigenvalue weighted by atomic mass is 10.1. The molecule has 1 fully saturated rings. The zero-order valence-electron chi connectivity index (χ0n) is 18.1. The third kappa shape index (κ3) is 4.58. The van der Waals surface area contributed by atoms with Crippen LogP contribution in [0.5, 0.6) is 11.5 Å². The first-order valence-corrected chi connectivity index (χ1v) is 11.7. The number of pyridine rings is 1. The maximum atomic E-state index is 13.4. The molecule has 1 saturated heterocycles. The van der Waals surface area contributed by atoms with E-state index in [4.69, 9.17) is 0 Å². The molecule has 0 aliphatic carbocycles. The van der Waals surface area contributed by atoms with Gasteiger partial charge in [0.2, 0.25) is 5.95 Å². The van der Waals surface area contributed by atoms with E-state index in [1.807, 2.05) is 5.38 Å². The highest BCUT2D eigenvalue weighted by Gasteiger charge is 2.29. The van der Waals surface area contributed by atoms with Gasteiger partial charge in [0.15, 0.2) is 5.13 Å². The number of carbonyl (C=O) groups excluding carboxylic acids is 1. The van der Waals surface area contributed by atoms with Gasteiger partial charge in [0, 0.05) is 54.7 Å². The number of benzene rings is 1. The molecule has 0 bridgehead atoms. The number of hydrogen-bond donors (Lipinski definition) is 3. The monoisotopic (exact) mass is 479 g/mol. The summed E-state index contributed by atoms with van der Waals surface area (Å²) >= 11 is 1.34. The molecule has 1 unspecified atom stereocenters. The van der Waals surface area contributed by atoms with E-state index in [0.717, 1.165) is 30.8 Å². The summed E-state index contributed by atoms with van der Waals surface area (Å²) in [5.74, 6) is -0.858. The maximum Gasteiger partial charge on any atom is 0.274 e. The molecule has 3 N–H and O–H groups in total. The normalized spacial score (nSPS) is 15.6. The number of anilines is 2. The predicted octanol–water partition coefficient (Wildman–Crippen LogP) is 4.53. The quantitative estimate of drug-likeness (QED) is 0.351. The Balaban J connectivity index is 1.30. The number of nitrogens with one attached hydrogen (secondary N) is 1. The van der Waals surface area contributed by atoms with Crippen LogP contribution in [0.4, 0.5) is 15.2 Å². The standard InChI is InChI=1S/C24H22FN5O3S/c25-22-9-15(5-6-26-22)13-29-7-1-4-21(29)23(33)28-24-27-19(14-34-24)20-3-2-8-30(20)16-10-17(31)12-18(32)11-16/h1,4-7,9-12,14,20,31-32H,2-3,8,13H2,(H,27,28,33). The van der Waals surface area contributed by atoms with E-state index in [9.17, 15) is 19.4 Å². The lowest BCUT2D eigenvalue weighted by molar-refractivity contribution is 0.101. The van der Waals surface area contributed by atoms with Crippen LogP contribution < -0.4 is 10.2 Å². The number of phenolic OH excluding ortho intramolecular Hbond substituents is 2. The van der Waals surface area contributed by atoms with Crippen LogP contribution in [0.25, 0.3) is 0 Å². The number of nitrogens with zero attached hydrogens (tertiary/aromatic N) is 4. The van der Waals surface area contributed by atoms with Crippen molar-refractivity contribution in [2.75, 3.05) is 16.8 Å². The summed E-state index contributed by atoms with van der Waals surface area (Å²) < 4.78 is 15.2. The molecule has 1 atom stereocenters. The minimum absolute atomic E-state index is 0.00406. The largest absolute Gasteiger partial charge is 0.508 e. The zero-order valence-corrected chi connectivity index (χ0v) is 18.9. The van der Waals surface area contributed by atoms with Crippen LogP contribution in [0.3, 0.4) is 0 Å². The van der Waals surface area contributed by atoms with Crippen molar-refractivity contribution in [3.63, 3.8) is 0 Å². The van der Waals surface area contributed by atoms with Crippen molar-refractivity contribution >= 4 is 28.1 Å². The Bertz CT molecular complexity index is 1320. The highest BCUT2D eigenvalue weighted by Crippen LogP contribution is 2.39. The van der Waals surface area contributed by atoms with Gasteiger partial charge in [-0.25, -0.2) is 9.97 Å². The molecular weight excluding hydrogens is 457 g/mol. The van der Waals surface area contributed by atoms with Gasteiger partial charge in [-0.3, -0.25) is 10.1 Å². The van der Waals surface area contributed by atoms with Crippen molar-refractivity contribution in [3.05, 3.63) is 83.1 Å². The number of aromatic nitrogens is 3. The average molecular weight is 480 g/mol. The second-order valence-electron chi connectivity index (χ2n) is 8.10. The summed E-state index contributed by atoms with van der Waals surface area (Å²) in [6, 6.07) is 11.0. The van der Waals surface area contributed by atoms with Gasteiger partial charge in [0.05, 0.1) is 11.7 Å². The second kappa shape index (κ2) is 9.14. The number of thiazole rings is 1. The third-order valence-electron chi connectivity index (χ3n) is 5.76. The molecule has 1 aliphatic heterocycles. The topological polar surface area (TPSA) is 104 Å². The van der Waals surface area contributed by atoms with Crippen molar-refractivity contribution in [1.29, 1.82) is 0 Å². The van der Waals surface area contributed by atoms with Crippen molar-refractivity contribution in [3.8, 4) is 11.5 Å². The molecule has 0 spiro atoms. The van der Waals surface area contributed by atoms with Crippen molar-refractivity contribution in [2.24, 2.45) is 0 Å². The van der Waals surface area contributed by atoms with Gasteiger partial charge in [-0.2, -0.15) is 4.39 Å². The highest BCUT2D eigenvalue weighted by molar-refractivity contribution is 7.14. The fourth-order valence-electron chi connectivity index (χ4n) is 4.28. The maximum absolute atomic E-state index is 13.4. The van der Waals surface area contributed by atoms with E-state index in [1.54, 1.807) is 41.1 Å². The molecule has 5 rings (SSSR count). The van der Waals surface area contributed by atoms with E-state index < -0.39 is 5.95 Å². The van der Waals surface area contributed by atoms with E-state index in [0.29, 0.717) is 22.9 Å². The fraction of sp³-hybridized carbons (Fsp3) is 0.208. The van der Waals surface area contributed by atoms with E-state index >= 15 is 0 Å².